The van der Waals surface area contributed by atoms with E-state index in [0.29, 0.717) is 16.9 Å². The number of aromatic nitrogens is 5. The highest BCUT2D eigenvalue weighted by molar-refractivity contribution is 5.95. The van der Waals surface area contributed by atoms with Crippen LogP contribution >= 0.6 is 0 Å². The summed E-state index contributed by atoms with van der Waals surface area (Å²) in [6, 6.07) is 20.5. The molecule has 0 radical (unpaired) electrons. The van der Waals surface area contributed by atoms with E-state index in [9.17, 15) is 4.79 Å². The smallest absolute Gasteiger partial charge is 0.255 e. The summed E-state index contributed by atoms with van der Waals surface area (Å²) in [5, 5.41) is 4.07. The fourth-order valence-corrected chi connectivity index (χ4v) is 5.64. The first-order chi connectivity index (χ1) is 20.0. The molecule has 1 amide bonds. The van der Waals surface area contributed by atoms with Crippen molar-refractivity contribution in [2.24, 2.45) is 0 Å². The molecular weight excluding hydrogens is 515 g/mol. The first-order valence-electron chi connectivity index (χ1n) is 13.5. The van der Waals surface area contributed by atoms with Crippen molar-refractivity contribution in [2.45, 2.75) is 23.8 Å². The molecule has 0 bridgehead atoms. The van der Waals surface area contributed by atoms with Crippen molar-refractivity contribution < 1.29 is 9.18 Å². The van der Waals surface area contributed by atoms with Gasteiger partial charge in [0.1, 0.15) is 5.82 Å². The van der Waals surface area contributed by atoms with Crippen LogP contribution in [-0.2, 0) is 11.0 Å². The van der Waals surface area contributed by atoms with Crippen molar-refractivity contribution >= 4 is 22.6 Å². The molecule has 8 rings (SSSR count). The maximum Gasteiger partial charge on any atom is 0.255 e. The molecule has 1 saturated carbocycles. The third-order valence-electron chi connectivity index (χ3n) is 8.17. The molecule has 2 aliphatic carbocycles. The molecule has 0 atom stereocenters. The van der Waals surface area contributed by atoms with E-state index in [2.05, 4.69) is 55.6 Å². The zero-order chi connectivity index (χ0) is 27.6. The number of carbonyl (C=O) groups is 1. The Morgan fingerprint density at radius 2 is 1.71 bits per heavy atom. The van der Waals surface area contributed by atoms with Crippen LogP contribution in [0.3, 0.4) is 0 Å². The maximum atomic E-state index is 15.3. The molecule has 4 heterocycles. The average molecular weight is 539 g/mol. The highest BCUT2D eigenvalue weighted by Gasteiger charge is 2.47. The second kappa shape index (κ2) is 8.63. The molecule has 0 spiro atoms. The van der Waals surface area contributed by atoms with Crippen LogP contribution in [-0.4, -0.2) is 30.2 Å². The van der Waals surface area contributed by atoms with E-state index in [1.807, 2.05) is 47.1 Å². The molecule has 0 unspecified atom stereocenters. The standard InChI is InChI=1S/C33H23FN6O/c34-26-17-21(6-8-25(26)30(41)39-33(12-13-33)28-5-1-2-14-36-28)23-18-37-31-38-19-29(40(31)20-23)32(10-11-32)24-7-9-27-22(16-24)4-3-15-35-27/h1-11,14-20H,12-13H2,(H,39,41). The summed E-state index contributed by atoms with van der Waals surface area (Å²) in [5.41, 5.74) is 4.22. The van der Waals surface area contributed by atoms with Gasteiger partial charge in [-0.2, -0.15) is 0 Å². The number of imidazole rings is 1. The molecular formula is C33H23FN6O. The number of halogens is 1. The lowest BCUT2D eigenvalue weighted by Gasteiger charge is -2.18. The van der Waals surface area contributed by atoms with Crippen molar-refractivity contribution in [2.75, 3.05) is 0 Å². The minimum Gasteiger partial charge on any atom is -0.341 e. The third kappa shape index (κ3) is 3.82. The summed E-state index contributed by atoms with van der Waals surface area (Å²) in [6.45, 7) is 0. The van der Waals surface area contributed by atoms with Crippen LogP contribution in [0.4, 0.5) is 4.39 Å². The number of benzene rings is 2. The highest BCUT2D eigenvalue weighted by atomic mass is 19.1. The quantitative estimate of drug-likeness (QED) is 0.273. The first kappa shape index (κ1) is 23.6. The molecule has 41 heavy (non-hydrogen) atoms. The minimum atomic E-state index is -0.590. The van der Waals surface area contributed by atoms with E-state index < -0.39 is 22.7 Å². The Kier molecular flexibility index (Phi) is 4.97. The lowest BCUT2D eigenvalue weighted by atomic mass is 9.89. The van der Waals surface area contributed by atoms with Gasteiger partial charge in [0.25, 0.3) is 5.91 Å². The fourth-order valence-electron chi connectivity index (χ4n) is 5.64. The summed E-state index contributed by atoms with van der Waals surface area (Å²) in [7, 11) is 0. The van der Waals surface area contributed by atoms with E-state index in [1.165, 1.54) is 12.1 Å². The number of amides is 1. The molecule has 198 valence electrons. The molecule has 0 saturated heterocycles. The largest absolute Gasteiger partial charge is 0.341 e. The van der Waals surface area contributed by atoms with Crippen LogP contribution in [0.5, 0.6) is 0 Å². The number of allylic oxidation sites excluding steroid dienone is 2. The number of carbonyl (C=O) groups excluding carboxylic acids is 1. The number of nitrogens with zero attached hydrogens (tertiary/aromatic N) is 5. The van der Waals surface area contributed by atoms with Gasteiger partial charge in [-0.15, -0.1) is 0 Å². The van der Waals surface area contributed by atoms with Gasteiger partial charge in [0.05, 0.1) is 39.6 Å². The third-order valence-corrected chi connectivity index (χ3v) is 8.17. The Morgan fingerprint density at radius 1 is 0.854 bits per heavy atom. The van der Waals surface area contributed by atoms with E-state index >= 15 is 4.39 Å². The second-order valence-corrected chi connectivity index (χ2v) is 10.7. The molecule has 8 heteroatoms. The van der Waals surface area contributed by atoms with Crippen LogP contribution in [0.25, 0.3) is 27.8 Å². The van der Waals surface area contributed by atoms with Crippen LogP contribution in [0.15, 0.2) is 110 Å². The van der Waals surface area contributed by atoms with Gasteiger partial charge in [-0.05, 0) is 66.4 Å². The van der Waals surface area contributed by atoms with Gasteiger partial charge < -0.3 is 5.32 Å². The van der Waals surface area contributed by atoms with Crippen LogP contribution in [0.2, 0.25) is 0 Å². The predicted octanol–water partition coefficient (Wildman–Crippen LogP) is 5.75. The molecule has 1 fully saturated rings. The Hall–Kier alpha value is -5.24. The second-order valence-electron chi connectivity index (χ2n) is 10.7. The first-order valence-corrected chi connectivity index (χ1v) is 13.5. The Labute approximate surface area is 234 Å². The van der Waals surface area contributed by atoms with Crippen LogP contribution in [0.1, 0.15) is 40.2 Å². The van der Waals surface area contributed by atoms with Gasteiger partial charge in [0, 0.05) is 35.7 Å². The van der Waals surface area contributed by atoms with Gasteiger partial charge >= 0.3 is 0 Å². The van der Waals surface area contributed by atoms with Crippen molar-refractivity contribution in [1.29, 1.82) is 0 Å². The van der Waals surface area contributed by atoms with Crippen molar-refractivity contribution in [3.63, 3.8) is 0 Å². The normalized spacial score (nSPS) is 16.1. The van der Waals surface area contributed by atoms with Gasteiger partial charge in [-0.3, -0.25) is 19.2 Å². The van der Waals surface area contributed by atoms with Gasteiger partial charge in [-0.25, -0.2) is 14.4 Å². The van der Waals surface area contributed by atoms with Crippen LogP contribution in [0, 0.1) is 5.82 Å². The molecule has 4 aromatic heterocycles. The van der Waals surface area contributed by atoms with E-state index in [1.54, 1.807) is 24.7 Å². The number of nitrogens with one attached hydrogen (secondary N) is 1. The average Bonchev–Trinajstić information content (AvgIpc) is 3.94. The molecule has 2 aliphatic rings. The number of pyridine rings is 2. The highest BCUT2D eigenvalue weighted by Crippen LogP contribution is 2.46. The van der Waals surface area contributed by atoms with E-state index in [0.717, 1.165) is 40.7 Å². The van der Waals surface area contributed by atoms with Gasteiger partial charge in [0.2, 0.25) is 5.78 Å². The van der Waals surface area contributed by atoms with E-state index in [4.69, 9.17) is 0 Å². The summed E-state index contributed by atoms with van der Waals surface area (Å²) >= 11 is 0. The molecule has 1 N–H and O–H groups in total. The summed E-state index contributed by atoms with van der Waals surface area (Å²) in [5.74, 6) is -0.483. The number of hydrogen-bond donors (Lipinski definition) is 1. The van der Waals surface area contributed by atoms with Crippen LogP contribution < -0.4 is 5.32 Å². The zero-order valence-corrected chi connectivity index (χ0v) is 21.8. The Morgan fingerprint density at radius 3 is 2.49 bits per heavy atom. The van der Waals surface area contributed by atoms with Gasteiger partial charge in [-0.1, -0.05) is 36.4 Å². The maximum absolute atomic E-state index is 15.3. The summed E-state index contributed by atoms with van der Waals surface area (Å²) in [6.07, 6.45) is 14.8. The predicted molar refractivity (Wildman–Crippen MR) is 153 cm³/mol. The monoisotopic (exact) mass is 538 g/mol. The minimum absolute atomic E-state index is 0.000223. The molecule has 2 aromatic carbocycles. The topological polar surface area (TPSA) is 85.1 Å². The summed E-state index contributed by atoms with van der Waals surface area (Å²) in [4.78, 5) is 30.9. The Bertz CT molecular complexity index is 2020. The lowest BCUT2D eigenvalue weighted by Crippen LogP contribution is -2.35. The molecule has 7 nitrogen and oxygen atoms in total. The van der Waals surface area contributed by atoms with Crippen molar-refractivity contribution in [3.8, 4) is 11.1 Å². The number of rotatable bonds is 6. The van der Waals surface area contributed by atoms with Crippen molar-refractivity contribution in [3.05, 3.63) is 138 Å². The SMILES string of the molecule is O=C(NC1(c2ccccn2)CC1)c1ccc(-c2cnc3ncc(C4(c5ccc6ncccc6c5)C=C4)n3c2)cc1F. The number of hydrogen-bond acceptors (Lipinski definition) is 5. The lowest BCUT2D eigenvalue weighted by molar-refractivity contribution is 0.0925. The number of fused-ring (bicyclic) bond motifs is 2. The van der Waals surface area contributed by atoms with Gasteiger partial charge in [0.15, 0.2) is 0 Å². The summed E-state index contributed by atoms with van der Waals surface area (Å²) < 4.78 is 17.3. The van der Waals surface area contributed by atoms with Crippen molar-refractivity contribution in [1.82, 2.24) is 29.7 Å². The zero-order valence-electron chi connectivity index (χ0n) is 21.8. The Balaban J connectivity index is 1.10. The fraction of sp³-hybridized carbons (Fsp3) is 0.121. The molecule has 0 aliphatic heterocycles. The van der Waals surface area contributed by atoms with E-state index in [-0.39, 0.29) is 5.56 Å². The molecule has 6 aromatic rings.